The first kappa shape index (κ1) is 12.0. The monoisotopic (exact) mass is 230 g/mol. The predicted molar refractivity (Wildman–Crippen MR) is 64.8 cm³/mol. The van der Waals surface area contributed by atoms with Crippen molar-refractivity contribution >= 4 is 23.6 Å². The molecule has 1 aromatic heterocycles. The number of hydrogen-bond acceptors (Lipinski definition) is 5. The molecule has 0 fully saturated rings. The van der Waals surface area contributed by atoms with Crippen LogP contribution in [0.25, 0.3) is 6.08 Å². The fourth-order valence-corrected chi connectivity index (χ4v) is 1.74. The molecule has 1 aromatic rings. The fraction of sp³-hybridized carbons (Fsp3) is 0.182. The van der Waals surface area contributed by atoms with E-state index >= 15 is 0 Å². The maximum absolute atomic E-state index is 8.60. The van der Waals surface area contributed by atoms with E-state index in [1.165, 1.54) is 11.3 Å². The molecule has 5 heteroatoms. The molecule has 0 aliphatic carbocycles. The van der Waals surface area contributed by atoms with Gasteiger partial charge in [0.1, 0.15) is 17.7 Å². The van der Waals surface area contributed by atoms with E-state index in [4.69, 9.17) is 10.5 Å². The van der Waals surface area contributed by atoms with Crippen LogP contribution in [-0.4, -0.2) is 25.3 Å². The Labute approximate surface area is 98.3 Å². The van der Waals surface area contributed by atoms with E-state index in [1.807, 2.05) is 38.4 Å². The smallest absolute Gasteiger partial charge is 0.131 e. The van der Waals surface area contributed by atoms with Gasteiger partial charge in [0.05, 0.1) is 6.21 Å². The van der Waals surface area contributed by atoms with Crippen molar-refractivity contribution in [2.75, 3.05) is 14.1 Å². The van der Waals surface area contributed by atoms with Crippen LogP contribution in [0.5, 0.6) is 0 Å². The second-order valence-electron chi connectivity index (χ2n) is 3.11. The summed E-state index contributed by atoms with van der Waals surface area (Å²) in [5, 5.41) is 23.0. The summed E-state index contributed by atoms with van der Waals surface area (Å²) in [5.74, 6) is 0. The molecule has 0 aliphatic heterocycles. The molecule has 0 aliphatic rings. The predicted octanol–water partition coefficient (Wildman–Crippen LogP) is 2.07. The van der Waals surface area contributed by atoms with Crippen LogP contribution < -0.4 is 0 Å². The Bertz CT molecular complexity index is 481. The van der Waals surface area contributed by atoms with Crippen LogP contribution in [0.2, 0.25) is 0 Å². The number of nitriles is 2. The minimum absolute atomic E-state index is 0.109. The minimum atomic E-state index is 0.109. The van der Waals surface area contributed by atoms with Crippen molar-refractivity contribution in [2.24, 2.45) is 5.10 Å². The number of hydrogen-bond donors (Lipinski definition) is 0. The molecule has 0 N–H and O–H groups in total. The molecular formula is C11H10N4S. The van der Waals surface area contributed by atoms with Gasteiger partial charge in [-0.2, -0.15) is 15.6 Å². The van der Waals surface area contributed by atoms with E-state index in [0.717, 1.165) is 9.75 Å². The van der Waals surface area contributed by atoms with Crippen LogP contribution in [0.3, 0.4) is 0 Å². The summed E-state index contributed by atoms with van der Waals surface area (Å²) in [6.07, 6.45) is 3.30. The Kier molecular flexibility index (Phi) is 4.26. The first-order valence-electron chi connectivity index (χ1n) is 4.48. The molecule has 0 unspecified atom stereocenters. The minimum Gasteiger partial charge on any atom is -0.303 e. The summed E-state index contributed by atoms with van der Waals surface area (Å²) in [7, 11) is 3.68. The Morgan fingerprint density at radius 1 is 1.31 bits per heavy atom. The van der Waals surface area contributed by atoms with Crippen molar-refractivity contribution in [2.45, 2.75) is 0 Å². The Morgan fingerprint density at radius 2 is 1.94 bits per heavy atom. The molecule has 0 radical (unpaired) electrons. The summed E-state index contributed by atoms with van der Waals surface area (Å²) < 4.78 is 0. The molecule has 0 bridgehead atoms. The summed E-state index contributed by atoms with van der Waals surface area (Å²) in [6, 6.07) is 7.41. The lowest BCUT2D eigenvalue weighted by Crippen LogP contribution is -2.01. The third kappa shape index (κ3) is 3.56. The molecule has 0 spiro atoms. The summed E-state index contributed by atoms with van der Waals surface area (Å²) in [4.78, 5) is 1.86. The van der Waals surface area contributed by atoms with Gasteiger partial charge in [0, 0.05) is 23.8 Å². The molecule has 0 atom stereocenters. The molecule has 0 aromatic carbocycles. The lowest BCUT2D eigenvalue weighted by atomic mass is 10.3. The van der Waals surface area contributed by atoms with Crippen molar-refractivity contribution in [1.82, 2.24) is 5.01 Å². The molecular weight excluding hydrogens is 220 g/mol. The quantitative estimate of drug-likeness (QED) is 0.453. The molecule has 80 valence electrons. The Hall–Kier alpha value is -2.11. The van der Waals surface area contributed by atoms with Crippen molar-refractivity contribution in [3.8, 4) is 12.1 Å². The lowest BCUT2D eigenvalue weighted by Gasteiger charge is -2.00. The first-order chi connectivity index (χ1) is 7.65. The highest BCUT2D eigenvalue weighted by atomic mass is 32.1. The average molecular weight is 230 g/mol. The van der Waals surface area contributed by atoms with E-state index in [1.54, 1.807) is 17.3 Å². The average Bonchev–Trinajstić information content (AvgIpc) is 2.70. The van der Waals surface area contributed by atoms with E-state index < -0.39 is 0 Å². The highest BCUT2D eigenvalue weighted by Gasteiger charge is 1.98. The summed E-state index contributed by atoms with van der Waals surface area (Å²) >= 11 is 1.48. The van der Waals surface area contributed by atoms with Crippen LogP contribution in [0, 0.1) is 22.7 Å². The molecule has 1 heterocycles. The third-order valence-corrected chi connectivity index (χ3v) is 2.56. The molecule has 1 rings (SSSR count). The molecule has 0 amide bonds. The van der Waals surface area contributed by atoms with Crippen LogP contribution in [-0.2, 0) is 0 Å². The van der Waals surface area contributed by atoms with Gasteiger partial charge in [-0.3, -0.25) is 0 Å². The molecule has 4 nitrogen and oxygen atoms in total. The van der Waals surface area contributed by atoms with Crippen molar-refractivity contribution in [3.05, 3.63) is 27.5 Å². The van der Waals surface area contributed by atoms with Gasteiger partial charge >= 0.3 is 0 Å². The van der Waals surface area contributed by atoms with Gasteiger partial charge in [-0.15, -0.1) is 11.3 Å². The van der Waals surface area contributed by atoms with E-state index in [2.05, 4.69) is 5.10 Å². The van der Waals surface area contributed by atoms with Crippen LogP contribution in [0.1, 0.15) is 9.75 Å². The standard InChI is InChI=1S/C11H10N4S/c1-15(2)14-8-11-4-3-10(16-11)5-9(6-12)7-13/h3-5,8H,1-2H3/b14-8+. The zero-order chi connectivity index (χ0) is 12.0. The number of rotatable bonds is 3. The number of nitrogens with zero attached hydrogens (tertiary/aromatic N) is 4. The van der Waals surface area contributed by atoms with Crippen LogP contribution >= 0.6 is 11.3 Å². The molecule has 0 saturated carbocycles. The first-order valence-corrected chi connectivity index (χ1v) is 5.30. The van der Waals surface area contributed by atoms with Gasteiger partial charge in [-0.1, -0.05) is 0 Å². The Balaban J connectivity index is 2.85. The zero-order valence-corrected chi connectivity index (χ0v) is 9.82. The van der Waals surface area contributed by atoms with Crippen molar-refractivity contribution < 1.29 is 0 Å². The van der Waals surface area contributed by atoms with Crippen molar-refractivity contribution in [1.29, 1.82) is 10.5 Å². The van der Waals surface area contributed by atoms with E-state index in [0.29, 0.717) is 0 Å². The van der Waals surface area contributed by atoms with Crippen LogP contribution in [0.4, 0.5) is 0 Å². The highest BCUT2D eigenvalue weighted by molar-refractivity contribution is 7.14. The number of hydrazone groups is 1. The Morgan fingerprint density at radius 3 is 2.50 bits per heavy atom. The van der Waals surface area contributed by atoms with Gasteiger partial charge in [0.25, 0.3) is 0 Å². The number of thiophene rings is 1. The van der Waals surface area contributed by atoms with Gasteiger partial charge in [-0.25, -0.2) is 0 Å². The van der Waals surface area contributed by atoms with Gasteiger partial charge in [0.2, 0.25) is 0 Å². The third-order valence-electron chi connectivity index (χ3n) is 1.59. The van der Waals surface area contributed by atoms with Crippen LogP contribution in [0.15, 0.2) is 22.8 Å². The lowest BCUT2D eigenvalue weighted by molar-refractivity contribution is 0.440. The second kappa shape index (κ2) is 5.69. The van der Waals surface area contributed by atoms with Gasteiger partial charge in [0.15, 0.2) is 0 Å². The normalized spacial score (nSPS) is 9.50. The fourth-order valence-electron chi connectivity index (χ4n) is 0.920. The summed E-state index contributed by atoms with van der Waals surface area (Å²) in [5.41, 5.74) is 0.109. The zero-order valence-electron chi connectivity index (χ0n) is 9.01. The highest BCUT2D eigenvalue weighted by Crippen LogP contribution is 2.17. The van der Waals surface area contributed by atoms with Gasteiger partial charge < -0.3 is 5.01 Å². The van der Waals surface area contributed by atoms with E-state index in [-0.39, 0.29) is 5.57 Å². The largest absolute Gasteiger partial charge is 0.303 e. The molecule has 0 saturated heterocycles. The topological polar surface area (TPSA) is 63.2 Å². The molecule has 16 heavy (non-hydrogen) atoms. The summed E-state index contributed by atoms with van der Waals surface area (Å²) in [6.45, 7) is 0. The SMILES string of the molecule is CN(C)/N=C/c1ccc(C=C(C#N)C#N)s1. The van der Waals surface area contributed by atoms with E-state index in [9.17, 15) is 0 Å². The van der Waals surface area contributed by atoms with Gasteiger partial charge in [-0.05, 0) is 18.2 Å². The second-order valence-corrected chi connectivity index (χ2v) is 4.26. The maximum Gasteiger partial charge on any atom is 0.131 e. The maximum atomic E-state index is 8.60. The van der Waals surface area contributed by atoms with Crippen molar-refractivity contribution in [3.63, 3.8) is 0 Å². The number of allylic oxidation sites excluding steroid dienone is 1.